The van der Waals surface area contributed by atoms with Crippen molar-refractivity contribution in [3.63, 3.8) is 0 Å². The monoisotopic (exact) mass is 494 g/mol. The summed E-state index contributed by atoms with van der Waals surface area (Å²) in [6.45, 7) is -1.14. The Morgan fingerprint density at radius 2 is 1.64 bits per heavy atom. The lowest BCUT2D eigenvalue weighted by molar-refractivity contribution is -0.383. The van der Waals surface area contributed by atoms with Crippen LogP contribution in [-0.4, -0.2) is 33.1 Å². The van der Waals surface area contributed by atoms with Crippen LogP contribution in [0.2, 0.25) is 0 Å². The Hall–Kier alpha value is -4.21. The number of rotatable bonds is 7. The van der Waals surface area contributed by atoms with E-state index in [2.05, 4.69) is 10.3 Å². The Morgan fingerprint density at radius 3 is 2.25 bits per heavy atom. The predicted molar refractivity (Wildman–Crippen MR) is 127 cm³/mol. The van der Waals surface area contributed by atoms with Gasteiger partial charge in [-0.15, -0.1) is 0 Å². The van der Waals surface area contributed by atoms with E-state index in [0.717, 1.165) is 11.1 Å². The molecule has 0 saturated heterocycles. The zero-order valence-corrected chi connectivity index (χ0v) is 19.0. The van der Waals surface area contributed by atoms with Crippen LogP contribution >= 0.6 is 0 Å². The first-order valence-electron chi connectivity index (χ1n) is 11.3. The van der Waals surface area contributed by atoms with Crippen LogP contribution in [0.3, 0.4) is 0 Å². The molecule has 184 valence electrons. The van der Waals surface area contributed by atoms with E-state index in [4.69, 9.17) is 0 Å². The van der Waals surface area contributed by atoms with Gasteiger partial charge < -0.3 is 9.88 Å². The number of alkyl halides is 3. The minimum atomic E-state index is -4.55. The number of hydrogen-bond acceptors (Lipinski definition) is 4. The predicted octanol–water partition coefficient (Wildman–Crippen LogP) is 5.37. The highest BCUT2D eigenvalue weighted by molar-refractivity contribution is 6.00. The minimum absolute atomic E-state index is 0.0841. The third-order valence-electron chi connectivity index (χ3n) is 6.67. The lowest BCUT2D eigenvalue weighted by Crippen LogP contribution is -2.47. The largest absolute Gasteiger partial charge is 0.405 e. The molecule has 1 aliphatic carbocycles. The lowest BCUT2D eigenvalue weighted by Gasteiger charge is -2.31. The van der Waals surface area contributed by atoms with Gasteiger partial charge in [-0.05, 0) is 41.2 Å². The van der Waals surface area contributed by atoms with Crippen molar-refractivity contribution in [1.82, 2.24) is 14.9 Å². The molecule has 0 spiro atoms. The van der Waals surface area contributed by atoms with Crippen molar-refractivity contribution in [2.24, 2.45) is 0 Å². The van der Waals surface area contributed by atoms with Crippen molar-refractivity contribution in [2.75, 3.05) is 6.54 Å². The first-order valence-corrected chi connectivity index (χ1v) is 11.3. The van der Waals surface area contributed by atoms with Crippen molar-refractivity contribution in [3.05, 3.63) is 94.3 Å². The molecule has 0 bridgehead atoms. The number of hydrogen-bond donors (Lipinski definition) is 1. The summed E-state index contributed by atoms with van der Waals surface area (Å²) in [6.07, 6.45) is -2.49. The van der Waals surface area contributed by atoms with Crippen molar-refractivity contribution in [2.45, 2.75) is 31.0 Å². The van der Waals surface area contributed by atoms with Crippen LogP contribution in [0.1, 0.15) is 24.0 Å². The standard InChI is InChI=1S/C26H21F3N4O3/c27-26(28,29)15-30-24(34)25(19-9-3-1-7-17(19)18-8-2-4-10-20(18)25)13-6-14-32-16-31-21-11-5-12-22(23(21)32)33(35)36/h1-5,7-12,16H,6,13-15H2,(H,30,34). The van der Waals surface area contributed by atoms with E-state index in [1.165, 1.54) is 12.4 Å². The maximum Gasteiger partial charge on any atom is 0.405 e. The fourth-order valence-corrected chi connectivity index (χ4v) is 5.22. The number of imidazole rings is 1. The summed E-state index contributed by atoms with van der Waals surface area (Å²) in [5.74, 6) is -0.723. The molecule has 1 aromatic heterocycles. The summed E-state index contributed by atoms with van der Waals surface area (Å²) in [6, 6.07) is 19.1. The first-order chi connectivity index (χ1) is 17.2. The molecule has 0 radical (unpaired) electrons. The van der Waals surface area contributed by atoms with Crippen LogP contribution in [0, 0.1) is 10.1 Å². The molecule has 0 unspecified atom stereocenters. The summed E-state index contributed by atoms with van der Waals surface area (Å²) in [5, 5.41) is 13.6. The maximum absolute atomic E-state index is 13.6. The Labute approximate surface area is 203 Å². The average molecular weight is 494 g/mol. The number of amides is 1. The number of non-ortho nitro benzene ring substituents is 1. The van der Waals surface area contributed by atoms with E-state index >= 15 is 0 Å². The minimum Gasteiger partial charge on any atom is -0.346 e. The average Bonchev–Trinajstić information content (AvgIpc) is 3.40. The number of nitrogens with zero attached hydrogens (tertiary/aromatic N) is 3. The molecule has 0 aliphatic heterocycles. The van der Waals surface area contributed by atoms with Gasteiger partial charge in [-0.3, -0.25) is 14.9 Å². The van der Waals surface area contributed by atoms with Gasteiger partial charge in [0.25, 0.3) is 5.69 Å². The van der Waals surface area contributed by atoms with Gasteiger partial charge in [-0.1, -0.05) is 54.6 Å². The number of benzene rings is 3. The summed E-state index contributed by atoms with van der Waals surface area (Å²) >= 11 is 0. The van der Waals surface area contributed by atoms with Crippen LogP contribution in [0.4, 0.5) is 18.9 Å². The van der Waals surface area contributed by atoms with Crippen LogP contribution in [0.25, 0.3) is 22.2 Å². The Kier molecular flexibility index (Phi) is 5.74. The molecule has 1 amide bonds. The van der Waals surface area contributed by atoms with Crippen LogP contribution in [0.5, 0.6) is 0 Å². The fourth-order valence-electron chi connectivity index (χ4n) is 5.22. The molecule has 4 aromatic rings. The van der Waals surface area contributed by atoms with Crippen LogP contribution in [0.15, 0.2) is 73.1 Å². The summed E-state index contributed by atoms with van der Waals surface area (Å²) in [7, 11) is 0. The molecule has 1 heterocycles. The SMILES string of the molecule is O=C(NCC(F)(F)F)C1(CCCn2cnc3cccc([N+](=O)[O-])c32)c2ccccc2-c2ccccc21. The molecule has 0 fully saturated rings. The molecule has 0 saturated carbocycles. The molecule has 3 aromatic carbocycles. The number of fused-ring (bicyclic) bond motifs is 4. The second-order valence-electron chi connectivity index (χ2n) is 8.74. The number of nitrogens with one attached hydrogen (secondary N) is 1. The number of aromatic nitrogens is 2. The van der Waals surface area contributed by atoms with Crippen molar-refractivity contribution < 1.29 is 22.9 Å². The number of carbonyl (C=O) groups excluding carboxylic acids is 1. The zero-order valence-electron chi connectivity index (χ0n) is 19.0. The van der Waals surface area contributed by atoms with Gasteiger partial charge in [-0.25, -0.2) is 4.98 Å². The Balaban J connectivity index is 1.53. The topological polar surface area (TPSA) is 90.1 Å². The normalized spacial score (nSPS) is 13.9. The smallest absolute Gasteiger partial charge is 0.346 e. The van der Waals surface area contributed by atoms with Crippen molar-refractivity contribution >= 4 is 22.6 Å². The summed E-state index contributed by atoms with van der Waals surface area (Å²) < 4.78 is 40.7. The van der Waals surface area contributed by atoms with E-state index in [0.29, 0.717) is 35.1 Å². The molecule has 10 heteroatoms. The fraction of sp³-hybridized carbons (Fsp3) is 0.231. The third kappa shape index (κ3) is 3.88. The molecule has 36 heavy (non-hydrogen) atoms. The highest BCUT2D eigenvalue weighted by Gasteiger charge is 2.49. The first kappa shape index (κ1) is 23.5. The quantitative estimate of drug-likeness (QED) is 0.276. The highest BCUT2D eigenvalue weighted by atomic mass is 19.4. The molecular formula is C26H21F3N4O3. The second-order valence-corrected chi connectivity index (χ2v) is 8.74. The van der Waals surface area contributed by atoms with Gasteiger partial charge in [0, 0.05) is 12.6 Å². The van der Waals surface area contributed by atoms with Gasteiger partial charge in [0.05, 0.1) is 16.8 Å². The van der Waals surface area contributed by atoms with E-state index in [1.807, 2.05) is 24.3 Å². The van der Waals surface area contributed by atoms with Gasteiger partial charge in [-0.2, -0.15) is 13.2 Å². The summed E-state index contributed by atoms with van der Waals surface area (Å²) in [5.41, 5.74) is 2.32. The third-order valence-corrected chi connectivity index (χ3v) is 6.67. The second kappa shape index (κ2) is 8.78. The molecular weight excluding hydrogens is 473 g/mol. The Bertz CT molecular complexity index is 1430. The highest BCUT2D eigenvalue weighted by Crippen LogP contribution is 2.51. The van der Waals surface area contributed by atoms with E-state index < -0.39 is 29.0 Å². The van der Waals surface area contributed by atoms with Gasteiger partial charge in [0.15, 0.2) is 0 Å². The molecule has 7 nitrogen and oxygen atoms in total. The lowest BCUT2D eigenvalue weighted by atomic mass is 9.73. The van der Waals surface area contributed by atoms with E-state index in [-0.39, 0.29) is 12.1 Å². The summed E-state index contributed by atoms with van der Waals surface area (Å²) in [4.78, 5) is 28.9. The number of carbonyl (C=O) groups is 1. The van der Waals surface area contributed by atoms with Gasteiger partial charge in [0.2, 0.25) is 5.91 Å². The van der Waals surface area contributed by atoms with Crippen LogP contribution in [-0.2, 0) is 16.8 Å². The Morgan fingerprint density at radius 1 is 1.00 bits per heavy atom. The molecule has 1 aliphatic rings. The zero-order chi connectivity index (χ0) is 25.5. The van der Waals surface area contributed by atoms with Crippen molar-refractivity contribution in [3.8, 4) is 11.1 Å². The number of aryl methyl sites for hydroxylation is 1. The number of halogens is 3. The molecule has 0 atom stereocenters. The molecule has 5 rings (SSSR count). The number of nitro groups is 1. The molecule has 1 N–H and O–H groups in total. The maximum atomic E-state index is 13.6. The van der Waals surface area contributed by atoms with Gasteiger partial charge in [0.1, 0.15) is 17.5 Å². The number of para-hydroxylation sites is 1. The van der Waals surface area contributed by atoms with Crippen molar-refractivity contribution in [1.29, 1.82) is 0 Å². The van der Waals surface area contributed by atoms with E-state index in [1.54, 1.807) is 41.0 Å². The van der Waals surface area contributed by atoms with E-state index in [9.17, 15) is 28.1 Å². The van der Waals surface area contributed by atoms with Gasteiger partial charge >= 0.3 is 6.18 Å². The van der Waals surface area contributed by atoms with Crippen LogP contribution < -0.4 is 5.32 Å². The number of nitro benzene ring substituents is 1.